The third-order valence-corrected chi connectivity index (χ3v) is 2.89. The number of ether oxygens (including phenoxy) is 2. The van der Waals surface area contributed by atoms with Gasteiger partial charge in [-0.15, -0.1) is 0 Å². The molecule has 1 saturated carbocycles. The highest BCUT2D eigenvalue weighted by molar-refractivity contribution is 5.95. The zero-order chi connectivity index (χ0) is 8.18. The Balaban J connectivity index is 1.97. The van der Waals surface area contributed by atoms with E-state index in [1.807, 2.05) is 0 Å². The number of hydrogen-bond donors (Lipinski definition) is 0. The standard InChI is InChI=1S/C9H10O3/c10-8-1-2-9(7-5-6(7)8)11-3-4-12-9/h1-2,6-7H,3-5H2. The second-order valence-corrected chi connectivity index (χ2v) is 3.60. The van der Waals surface area contributed by atoms with Crippen LogP contribution >= 0.6 is 0 Å². The molecule has 2 fully saturated rings. The Hall–Kier alpha value is -0.670. The predicted molar refractivity (Wildman–Crippen MR) is 40.4 cm³/mol. The van der Waals surface area contributed by atoms with E-state index >= 15 is 0 Å². The van der Waals surface area contributed by atoms with E-state index < -0.39 is 5.79 Å². The second kappa shape index (κ2) is 1.98. The van der Waals surface area contributed by atoms with Crippen molar-refractivity contribution in [2.75, 3.05) is 13.2 Å². The van der Waals surface area contributed by atoms with Crippen LogP contribution in [0.4, 0.5) is 0 Å². The van der Waals surface area contributed by atoms with Crippen LogP contribution in [-0.2, 0) is 14.3 Å². The van der Waals surface area contributed by atoms with Gasteiger partial charge < -0.3 is 9.47 Å². The maximum atomic E-state index is 11.2. The third-order valence-electron chi connectivity index (χ3n) is 2.89. The van der Waals surface area contributed by atoms with Crippen LogP contribution in [0.5, 0.6) is 0 Å². The van der Waals surface area contributed by atoms with Crippen molar-refractivity contribution in [3.63, 3.8) is 0 Å². The van der Waals surface area contributed by atoms with Crippen LogP contribution in [0.1, 0.15) is 6.42 Å². The molecule has 1 heterocycles. The highest BCUT2D eigenvalue weighted by Gasteiger charge is 2.59. The van der Waals surface area contributed by atoms with Gasteiger partial charge in [0.15, 0.2) is 11.6 Å². The number of fused-ring (bicyclic) bond motifs is 2. The van der Waals surface area contributed by atoms with Crippen molar-refractivity contribution < 1.29 is 14.3 Å². The minimum absolute atomic E-state index is 0.188. The van der Waals surface area contributed by atoms with Gasteiger partial charge in [-0.3, -0.25) is 4.79 Å². The lowest BCUT2D eigenvalue weighted by Crippen LogP contribution is -2.34. The van der Waals surface area contributed by atoms with Crippen molar-refractivity contribution >= 4 is 5.78 Å². The SMILES string of the molecule is O=C1C=CC2(OCCO2)C2CC12. The van der Waals surface area contributed by atoms with Gasteiger partial charge in [0.1, 0.15) is 0 Å². The van der Waals surface area contributed by atoms with Gasteiger partial charge in [-0.05, 0) is 18.6 Å². The van der Waals surface area contributed by atoms with E-state index in [-0.39, 0.29) is 11.7 Å². The molecule has 2 unspecified atom stereocenters. The summed E-state index contributed by atoms with van der Waals surface area (Å²) in [6.45, 7) is 1.31. The van der Waals surface area contributed by atoms with Crippen molar-refractivity contribution in [1.29, 1.82) is 0 Å². The topological polar surface area (TPSA) is 35.5 Å². The summed E-state index contributed by atoms with van der Waals surface area (Å²) in [6.07, 6.45) is 4.34. The van der Waals surface area contributed by atoms with Crippen LogP contribution < -0.4 is 0 Å². The van der Waals surface area contributed by atoms with E-state index in [4.69, 9.17) is 9.47 Å². The molecule has 3 nitrogen and oxygen atoms in total. The molecule has 0 bridgehead atoms. The van der Waals surface area contributed by atoms with Gasteiger partial charge in [0.25, 0.3) is 0 Å². The van der Waals surface area contributed by atoms with Crippen molar-refractivity contribution in [3.05, 3.63) is 12.2 Å². The van der Waals surface area contributed by atoms with Gasteiger partial charge in [0, 0.05) is 11.8 Å². The normalized spacial score (nSPS) is 41.8. The molecule has 1 spiro atoms. The molecule has 0 radical (unpaired) electrons. The fourth-order valence-corrected chi connectivity index (χ4v) is 2.15. The van der Waals surface area contributed by atoms with E-state index in [2.05, 4.69) is 0 Å². The molecule has 3 aliphatic rings. The van der Waals surface area contributed by atoms with Gasteiger partial charge in [-0.2, -0.15) is 0 Å². The van der Waals surface area contributed by atoms with Crippen molar-refractivity contribution in [2.24, 2.45) is 11.8 Å². The average Bonchev–Trinajstić information content (AvgIpc) is 2.77. The predicted octanol–water partition coefficient (Wildman–Crippen LogP) is 0.504. The summed E-state index contributed by atoms with van der Waals surface area (Å²) in [5, 5.41) is 0. The van der Waals surface area contributed by atoms with Crippen LogP contribution in [0.25, 0.3) is 0 Å². The van der Waals surface area contributed by atoms with E-state index in [9.17, 15) is 4.79 Å². The van der Waals surface area contributed by atoms with E-state index in [0.29, 0.717) is 19.1 Å². The number of carbonyl (C=O) groups excluding carboxylic acids is 1. The molecule has 12 heavy (non-hydrogen) atoms. The van der Waals surface area contributed by atoms with Gasteiger partial charge >= 0.3 is 0 Å². The first-order valence-electron chi connectivity index (χ1n) is 4.33. The maximum Gasteiger partial charge on any atom is 0.191 e. The zero-order valence-corrected chi connectivity index (χ0v) is 6.66. The van der Waals surface area contributed by atoms with Crippen LogP contribution in [0.15, 0.2) is 12.2 Å². The monoisotopic (exact) mass is 166 g/mol. The summed E-state index contributed by atoms with van der Waals surface area (Å²) in [6, 6.07) is 0. The molecule has 2 aliphatic carbocycles. The Bertz CT molecular complexity index is 263. The summed E-state index contributed by atoms with van der Waals surface area (Å²) in [4.78, 5) is 11.2. The Morgan fingerprint density at radius 1 is 1.42 bits per heavy atom. The Kier molecular flexibility index (Phi) is 1.12. The van der Waals surface area contributed by atoms with Gasteiger partial charge in [-0.1, -0.05) is 0 Å². The van der Waals surface area contributed by atoms with E-state index in [0.717, 1.165) is 6.42 Å². The first kappa shape index (κ1) is 6.80. The first-order valence-corrected chi connectivity index (χ1v) is 4.33. The minimum atomic E-state index is -0.515. The summed E-state index contributed by atoms with van der Waals surface area (Å²) in [7, 11) is 0. The number of hydrogen-bond acceptors (Lipinski definition) is 3. The lowest BCUT2D eigenvalue weighted by Gasteiger charge is -2.25. The van der Waals surface area contributed by atoms with Crippen LogP contribution in [0.2, 0.25) is 0 Å². The van der Waals surface area contributed by atoms with Crippen molar-refractivity contribution in [1.82, 2.24) is 0 Å². The van der Waals surface area contributed by atoms with Crippen LogP contribution in [0, 0.1) is 11.8 Å². The first-order chi connectivity index (χ1) is 5.82. The third kappa shape index (κ3) is 0.704. The molecule has 0 amide bonds. The molecule has 1 saturated heterocycles. The molecule has 0 aromatic carbocycles. The lowest BCUT2D eigenvalue weighted by molar-refractivity contribution is -0.144. The molecule has 0 aromatic rings. The Morgan fingerprint density at radius 3 is 2.92 bits per heavy atom. The summed E-state index contributed by atoms with van der Waals surface area (Å²) >= 11 is 0. The van der Waals surface area contributed by atoms with E-state index in [1.165, 1.54) is 0 Å². The molecule has 0 N–H and O–H groups in total. The smallest absolute Gasteiger partial charge is 0.191 e. The molecule has 0 aromatic heterocycles. The van der Waals surface area contributed by atoms with Gasteiger partial charge in [0.2, 0.25) is 0 Å². The minimum Gasteiger partial charge on any atom is -0.344 e. The van der Waals surface area contributed by atoms with Crippen molar-refractivity contribution in [2.45, 2.75) is 12.2 Å². The molecule has 1 aliphatic heterocycles. The van der Waals surface area contributed by atoms with Crippen LogP contribution in [-0.4, -0.2) is 24.8 Å². The maximum absolute atomic E-state index is 11.2. The summed E-state index contributed by atoms with van der Waals surface area (Å²) in [5.41, 5.74) is 0. The summed E-state index contributed by atoms with van der Waals surface area (Å²) in [5.74, 6) is 0.216. The number of rotatable bonds is 0. The fraction of sp³-hybridized carbons (Fsp3) is 0.667. The molecular formula is C9H10O3. The number of allylic oxidation sites excluding steroid dienone is 1. The molecule has 2 atom stereocenters. The Labute approximate surface area is 70.3 Å². The molecule has 64 valence electrons. The van der Waals surface area contributed by atoms with Crippen molar-refractivity contribution in [3.8, 4) is 0 Å². The van der Waals surface area contributed by atoms with Gasteiger partial charge in [0.05, 0.1) is 13.2 Å². The van der Waals surface area contributed by atoms with E-state index in [1.54, 1.807) is 12.2 Å². The second-order valence-electron chi connectivity index (χ2n) is 3.60. The summed E-state index contributed by atoms with van der Waals surface area (Å²) < 4.78 is 11.0. The zero-order valence-electron chi connectivity index (χ0n) is 6.66. The highest BCUT2D eigenvalue weighted by atomic mass is 16.7. The number of carbonyl (C=O) groups is 1. The Morgan fingerprint density at radius 2 is 2.17 bits per heavy atom. The highest BCUT2D eigenvalue weighted by Crippen LogP contribution is 2.53. The van der Waals surface area contributed by atoms with Gasteiger partial charge in [-0.25, -0.2) is 0 Å². The lowest BCUT2D eigenvalue weighted by atomic mass is 10.0. The quantitative estimate of drug-likeness (QED) is 0.525. The average molecular weight is 166 g/mol. The molecule has 3 rings (SSSR count). The molecular weight excluding hydrogens is 156 g/mol. The largest absolute Gasteiger partial charge is 0.344 e. The van der Waals surface area contributed by atoms with Crippen LogP contribution in [0.3, 0.4) is 0 Å². The molecule has 3 heteroatoms. The number of ketones is 1. The fourth-order valence-electron chi connectivity index (χ4n) is 2.15.